The predicted octanol–water partition coefficient (Wildman–Crippen LogP) is 4.69. The summed E-state index contributed by atoms with van der Waals surface area (Å²) in [5.41, 5.74) is 4.54. The maximum atomic E-state index is 5.69. The molecule has 0 saturated carbocycles. The van der Waals surface area contributed by atoms with Crippen molar-refractivity contribution in [3.63, 3.8) is 0 Å². The molecule has 25 heavy (non-hydrogen) atoms. The van der Waals surface area contributed by atoms with Gasteiger partial charge in [0.15, 0.2) is 5.11 Å². The molecule has 5 heteroatoms. The Hall–Kier alpha value is -2.66. The molecule has 0 bridgehead atoms. The Morgan fingerprint density at radius 3 is 2.64 bits per heavy atom. The molecule has 0 radical (unpaired) electrons. The molecule has 3 aromatic rings. The second-order valence-corrected chi connectivity index (χ2v) is 6.43. The normalized spacial score (nSPS) is 10.5. The van der Waals surface area contributed by atoms with E-state index in [0.29, 0.717) is 18.2 Å². The molecule has 0 fully saturated rings. The highest BCUT2D eigenvalue weighted by Gasteiger charge is 2.14. The van der Waals surface area contributed by atoms with Gasteiger partial charge in [-0.25, -0.2) is 0 Å². The number of nitrogens with zero attached hydrogens (tertiary/aromatic N) is 2. The third-order valence-corrected chi connectivity index (χ3v) is 4.33. The Morgan fingerprint density at radius 1 is 1.12 bits per heavy atom. The van der Waals surface area contributed by atoms with E-state index in [-0.39, 0.29) is 0 Å². The van der Waals surface area contributed by atoms with Gasteiger partial charge >= 0.3 is 0 Å². The molecule has 4 nitrogen and oxygen atoms in total. The van der Waals surface area contributed by atoms with Crippen molar-refractivity contribution in [1.29, 1.82) is 0 Å². The molecule has 128 valence electrons. The smallest absolute Gasteiger partial charge is 0.174 e. The SMILES string of the molecule is Cc1ccc(C)c(NC(=S)N(Cc2ccncc2)Cc2ccco2)c1. The largest absolute Gasteiger partial charge is 0.467 e. The standard InChI is InChI=1S/C20H21N3OS/c1-15-5-6-16(2)19(12-15)22-20(25)23(14-18-4-3-11-24-18)13-17-7-9-21-10-8-17/h3-12H,13-14H2,1-2H3,(H,22,25). The Labute approximate surface area is 153 Å². The van der Waals surface area contributed by atoms with Crippen molar-refractivity contribution in [2.24, 2.45) is 0 Å². The molecule has 0 spiro atoms. The van der Waals surface area contributed by atoms with Crippen molar-refractivity contribution in [3.8, 4) is 0 Å². The second-order valence-electron chi connectivity index (χ2n) is 6.04. The van der Waals surface area contributed by atoms with E-state index in [1.807, 2.05) is 24.3 Å². The summed E-state index contributed by atoms with van der Waals surface area (Å²) in [5.74, 6) is 0.874. The molecule has 0 aliphatic carbocycles. The van der Waals surface area contributed by atoms with Crippen LogP contribution in [0.5, 0.6) is 0 Å². The molecule has 0 aliphatic rings. The van der Waals surface area contributed by atoms with E-state index < -0.39 is 0 Å². The lowest BCUT2D eigenvalue weighted by molar-refractivity contribution is 0.360. The van der Waals surface area contributed by atoms with Crippen LogP contribution in [0.4, 0.5) is 5.69 Å². The number of pyridine rings is 1. The number of benzene rings is 1. The predicted molar refractivity (Wildman–Crippen MR) is 104 cm³/mol. The van der Waals surface area contributed by atoms with Gasteiger partial charge in [0.2, 0.25) is 0 Å². The highest BCUT2D eigenvalue weighted by molar-refractivity contribution is 7.80. The Balaban J connectivity index is 1.79. The lowest BCUT2D eigenvalue weighted by Crippen LogP contribution is -2.34. The molecule has 0 saturated heterocycles. The molecule has 0 amide bonds. The number of aryl methyl sites for hydroxylation is 2. The monoisotopic (exact) mass is 351 g/mol. The number of nitrogens with one attached hydrogen (secondary N) is 1. The maximum Gasteiger partial charge on any atom is 0.174 e. The summed E-state index contributed by atoms with van der Waals surface area (Å²) in [6, 6.07) is 14.1. The minimum Gasteiger partial charge on any atom is -0.467 e. The van der Waals surface area contributed by atoms with E-state index >= 15 is 0 Å². The summed E-state index contributed by atoms with van der Waals surface area (Å²) in [6.07, 6.45) is 5.27. The van der Waals surface area contributed by atoms with Crippen LogP contribution in [0.2, 0.25) is 0 Å². The van der Waals surface area contributed by atoms with E-state index in [1.165, 1.54) is 5.56 Å². The fourth-order valence-electron chi connectivity index (χ4n) is 2.56. The molecule has 0 aliphatic heterocycles. The van der Waals surface area contributed by atoms with Gasteiger partial charge in [-0.2, -0.15) is 0 Å². The average molecular weight is 351 g/mol. The zero-order valence-electron chi connectivity index (χ0n) is 14.4. The summed E-state index contributed by atoms with van der Waals surface area (Å²) < 4.78 is 5.50. The van der Waals surface area contributed by atoms with Crippen molar-refractivity contribution >= 4 is 23.0 Å². The van der Waals surface area contributed by atoms with Gasteiger partial charge in [0.05, 0.1) is 12.8 Å². The summed E-state index contributed by atoms with van der Waals surface area (Å²) in [5, 5.41) is 4.05. The molecule has 2 heterocycles. The van der Waals surface area contributed by atoms with E-state index in [0.717, 1.165) is 22.6 Å². The van der Waals surface area contributed by atoms with Crippen LogP contribution in [-0.4, -0.2) is 15.0 Å². The Kier molecular flexibility index (Phi) is 5.46. The first-order valence-corrected chi connectivity index (χ1v) is 8.57. The number of hydrogen-bond acceptors (Lipinski definition) is 3. The summed E-state index contributed by atoms with van der Waals surface area (Å²) in [6.45, 7) is 5.43. The van der Waals surface area contributed by atoms with Crippen molar-refractivity contribution < 1.29 is 4.42 Å². The molecule has 1 aromatic carbocycles. The van der Waals surface area contributed by atoms with Crippen LogP contribution < -0.4 is 5.32 Å². The van der Waals surface area contributed by atoms with Crippen LogP contribution in [0.15, 0.2) is 65.5 Å². The fourth-order valence-corrected chi connectivity index (χ4v) is 2.80. The third kappa shape index (κ3) is 4.67. The molecule has 2 aromatic heterocycles. The van der Waals surface area contributed by atoms with Gasteiger partial charge in [0.1, 0.15) is 5.76 Å². The Bertz CT molecular complexity index is 831. The molecule has 1 N–H and O–H groups in total. The fraction of sp³-hybridized carbons (Fsp3) is 0.200. The molecular weight excluding hydrogens is 330 g/mol. The highest BCUT2D eigenvalue weighted by atomic mass is 32.1. The van der Waals surface area contributed by atoms with Crippen LogP contribution in [0.1, 0.15) is 22.5 Å². The second kappa shape index (κ2) is 7.94. The average Bonchev–Trinajstić information content (AvgIpc) is 3.11. The van der Waals surface area contributed by atoms with Crippen molar-refractivity contribution in [2.45, 2.75) is 26.9 Å². The number of aromatic nitrogens is 1. The van der Waals surface area contributed by atoms with Crippen molar-refractivity contribution in [1.82, 2.24) is 9.88 Å². The lowest BCUT2D eigenvalue weighted by Gasteiger charge is -2.26. The molecule has 0 unspecified atom stereocenters. The topological polar surface area (TPSA) is 41.3 Å². The van der Waals surface area contributed by atoms with Crippen LogP contribution in [-0.2, 0) is 13.1 Å². The van der Waals surface area contributed by atoms with Crippen LogP contribution in [0, 0.1) is 13.8 Å². The first kappa shape index (κ1) is 17.2. The molecular formula is C20H21N3OS. The van der Waals surface area contributed by atoms with E-state index in [1.54, 1.807) is 18.7 Å². The van der Waals surface area contributed by atoms with Crippen LogP contribution >= 0.6 is 12.2 Å². The lowest BCUT2D eigenvalue weighted by atomic mass is 10.1. The number of anilines is 1. The van der Waals surface area contributed by atoms with Gasteiger partial charge in [0.25, 0.3) is 0 Å². The van der Waals surface area contributed by atoms with Crippen molar-refractivity contribution in [3.05, 3.63) is 83.6 Å². The summed E-state index contributed by atoms with van der Waals surface area (Å²) in [7, 11) is 0. The number of rotatable bonds is 5. The third-order valence-electron chi connectivity index (χ3n) is 3.97. The van der Waals surface area contributed by atoms with Gasteiger partial charge in [-0.3, -0.25) is 4.98 Å². The first-order valence-electron chi connectivity index (χ1n) is 8.16. The van der Waals surface area contributed by atoms with Crippen LogP contribution in [0.25, 0.3) is 0 Å². The maximum absolute atomic E-state index is 5.69. The molecule has 3 rings (SSSR count). The highest BCUT2D eigenvalue weighted by Crippen LogP contribution is 2.18. The van der Waals surface area contributed by atoms with Gasteiger partial charge in [-0.1, -0.05) is 12.1 Å². The summed E-state index contributed by atoms with van der Waals surface area (Å²) >= 11 is 5.69. The number of thiocarbonyl (C=S) groups is 1. The Morgan fingerprint density at radius 2 is 1.92 bits per heavy atom. The van der Waals surface area contributed by atoms with Gasteiger partial charge < -0.3 is 14.6 Å². The first-order chi connectivity index (χ1) is 12.1. The van der Waals surface area contributed by atoms with Gasteiger partial charge in [-0.05, 0) is 73.1 Å². The van der Waals surface area contributed by atoms with Gasteiger partial charge in [0, 0.05) is 24.6 Å². The zero-order chi connectivity index (χ0) is 17.6. The van der Waals surface area contributed by atoms with Crippen LogP contribution in [0.3, 0.4) is 0 Å². The van der Waals surface area contributed by atoms with Crippen molar-refractivity contribution in [2.75, 3.05) is 5.32 Å². The quantitative estimate of drug-likeness (QED) is 0.675. The van der Waals surface area contributed by atoms with Gasteiger partial charge in [-0.15, -0.1) is 0 Å². The van der Waals surface area contributed by atoms with E-state index in [2.05, 4.69) is 47.2 Å². The minimum absolute atomic E-state index is 0.603. The number of furan rings is 1. The zero-order valence-corrected chi connectivity index (χ0v) is 15.2. The summed E-state index contributed by atoms with van der Waals surface area (Å²) in [4.78, 5) is 6.17. The van der Waals surface area contributed by atoms with E-state index in [9.17, 15) is 0 Å². The minimum atomic E-state index is 0.603. The molecule has 0 atom stereocenters. The number of hydrogen-bond donors (Lipinski definition) is 1. The van der Waals surface area contributed by atoms with E-state index in [4.69, 9.17) is 16.6 Å².